The molecule has 0 aromatic carbocycles. The number of aliphatic imine (C=N–C) groups is 1. The van der Waals surface area contributed by atoms with E-state index in [-0.39, 0.29) is 0 Å². The van der Waals surface area contributed by atoms with Crippen LogP contribution in [0.2, 0.25) is 0 Å². The number of imidazole rings is 1. The second-order valence-corrected chi connectivity index (χ2v) is 2.54. The van der Waals surface area contributed by atoms with E-state index in [0.29, 0.717) is 5.82 Å². The van der Waals surface area contributed by atoms with Gasteiger partial charge < -0.3 is 10.1 Å². The van der Waals surface area contributed by atoms with Gasteiger partial charge in [0.2, 0.25) is 0 Å². The Morgan fingerprint density at radius 1 is 1.64 bits per heavy atom. The normalized spacial score (nSPS) is 22.8. The highest BCUT2D eigenvalue weighted by Gasteiger charge is 2.15. The molecule has 0 unspecified atom stereocenters. The van der Waals surface area contributed by atoms with Crippen LogP contribution in [0, 0.1) is 0 Å². The first-order valence-corrected chi connectivity index (χ1v) is 3.62. The largest absolute Gasteiger partial charge is 0.387 e. The number of hydrogen-bond donors (Lipinski definition) is 2. The lowest BCUT2D eigenvalue weighted by Gasteiger charge is -2.03. The van der Waals surface area contributed by atoms with Gasteiger partial charge in [0.05, 0.1) is 18.1 Å². The minimum absolute atomic E-state index is 0.435. The summed E-state index contributed by atoms with van der Waals surface area (Å²) in [6, 6.07) is 0. The fourth-order valence-corrected chi connectivity index (χ4v) is 1.17. The van der Waals surface area contributed by atoms with Crippen molar-refractivity contribution in [3.05, 3.63) is 12.0 Å². The molecular formula is C7H9N3O. The summed E-state index contributed by atoms with van der Waals surface area (Å²) in [4.78, 5) is 10.9. The Labute approximate surface area is 64.0 Å². The van der Waals surface area contributed by atoms with Crippen LogP contribution in [0.15, 0.2) is 11.3 Å². The number of aliphatic hydroxyl groups excluding tert-OH is 1. The number of aliphatic hydroxyl groups is 1. The van der Waals surface area contributed by atoms with Gasteiger partial charge in [0, 0.05) is 6.21 Å². The summed E-state index contributed by atoms with van der Waals surface area (Å²) < 4.78 is 0. The Morgan fingerprint density at radius 3 is 3.45 bits per heavy atom. The van der Waals surface area contributed by atoms with Gasteiger partial charge in [0.25, 0.3) is 0 Å². The van der Waals surface area contributed by atoms with Crippen molar-refractivity contribution in [1.82, 2.24) is 9.97 Å². The summed E-state index contributed by atoms with van der Waals surface area (Å²) >= 11 is 0. The third-order valence-electron chi connectivity index (χ3n) is 1.76. The first kappa shape index (κ1) is 6.54. The lowest BCUT2D eigenvalue weighted by molar-refractivity contribution is 0.167. The molecule has 0 bridgehead atoms. The quantitative estimate of drug-likeness (QED) is 0.579. The van der Waals surface area contributed by atoms with Crippen molar-refractivity contribution >= 4 is 12.0 Å². The van der Waals surface area contributed by atoms with Gasteiger partial charge in [-0.15, -0.1) is 0 Å². The monoisotopic (exact) mass is 151 g/mol. The topological polar surface area (TPSA) is 61.3 Å². The van der Waals surface area contributed by atoms with Crippen molar-refractivity contribution < 1.29 is 5.11 Å². The van der Waals surface area contributed by atoms with Crippen LogP contribution < -0.4 is 0 Å². The molecule has 0 radical (unpaired) electrons. The Hall–Kier alpha value is -1.16. The number of aromatic nitrogens is 2. The third-order valence-corrected chi connectivity index (χ3v) is 1.76. The molecule has 2 N–H and O–H groups in total. The van der Waals surface area contributed by atoms with Crippen LogP contribution in [-0.2, 0) is 0 Å². The molecular weight excluding hydrogens is 142 g/mol. The van der Waals surface area contributed by atoms with Crippen LogP contribution in [0.5, 0.6) is 0 Å². The van der Waals surface area contributed by atoms with E-state index in [0.717, 1.165) is 18.5 Å². The first-order chi connectivity index (χ1) is 5.38. The molecule has 0 amide bonds. The minimum atomic E-state index is -0.435. The van der Waals surface area contributed by atoms with Gasteiger partial charge in [-0.25, -0.2) is 9.98 Å². The number of aromatic amines is 1. The Bertz CT molecular complexity index is 279. The number of fused-ring (bicyclic) bond motifs is 1. The molecule has 1 atom stereocenters. The molecule has 0 saturated heterocycles. The maximum absolute atomic E-state index is 9.48. The van der Waals surface area contributed by atoms with Crippen molar-refractivity contribution in [2.24, 2.45) is 4.99 Å². The van der Waals surface area contributed by atoms with Crippen LogP contribution in [0.1, 0.15) is 24.6 Å². The van der Waals surface area contributed by atoms with Gasteiger partial charge in [-0.05, 0) is 12.8 Å². The number of H-pyrrole nitrogens is 1. The van der Waals surface area contributed by atoms with E-state index in [9.17, 15) is 5.11 Å². The zero-order valence-corrected chi connectivity index (χ0v) is 5.99. The van der Waals surface area contributed by atoms with Gasteiger partial charge in [0.1, 0.15) is 0 Å². The van der Waals surface area contributed by atoms with E-state index in [1.54, 1.807) is 12.5 Å². The van der Waals surface area contributed by atoms with Crippen molar-refractivity contribution in [3.63, 3.8) is 0 Å². The smallest absolute Gasteiger partial charge is 0.175 e. The van der Waals surface area contributed by atoms with Gasteiger partial charge >= 0.3 is 0 Å². The molecule has 58 valence electrons. The predicted molar refractivity (Wildman–Crippen MR) is 40.9 cm³/mol. The van der Waals surface area contributed by atoms with Crippen molar-refractivity contribution in [3.8, 4) is 0 Å². The molecule has 0 aliphatic carbocycles. The maximum Gasteiger partial charge on any atom is 0.175 e. The predicted octanol–water partition coefficient (Wildman–Crippen LogP) is 0.939. The number of rotatable bonds is 0. The molecule has 1 aliphatic heterocycles. The van der Waals surface area contributed by atoms with Crippen LogP contribution in [-0.4, -0.2) is 21.3 Å². The Kier molecular flexibility index (Phi) is 1.47. The maximum atomic E-state index is 9.48. The van der Waals surface area contributed by atoms with E-state index in [1.165, 1.54) is 0 Å². The lowest BCUT2D eigenvalue weighted by atomic mass is 10.2. The summed E-state index contributed by atoms with van der Waals surface area (Å²) in [6.07, 6.45) is 4.44. The average molecular weight is 151 g/mol. The summed E-state index contributed by atoms with van der Waals surface area (Å²) in [5, 5.41) is 9.48. The second-order valence-electron chi connectivity index (χ2n) is 2.54. The fraction of sp³-hybridized carbons (Fsp3) is 0.429. The minimum Gasteiger partial charge on any atom is -0.387 e. The molecule has 1 aliphatic rings. The highest BCUT2D eigenvalue weighted by molar-refractivity contribution is 5.63. The summed E-state index contributed by atoms with van der Waals surface area (Å²) in [5.41, 5.74) is 0.735. The average Bonchev–Trinajstić information content (AvgIpc) is 2.40. The van der Waals surface area contributed by atoms with Crippen LogP contribution in [0.4, 0.5) is 5.82 Å². The van der Waals surface area contributed by atoms with Gasteiger partial charge in [-0.2, -0.15) is 0 Å². The summed E-state index contributed by atoms with van der Waals surface area (Å²) in [6.45, 7) is 0. The van der Waals surface area contributed by atoms with Crippen molar-refractivity contribution in [1.29, 1.82) is 0 Å². The molecule has 0 fully saturated rings. The number of nitrogens with one attached hydrogen (secondary N) is 1. The molecule has 2 rings (SSSR count). The van der Waals surface area contributed by atoms with E-state index in [1.807, 2.05) is 0 Å². The zero-order chi connectivity index (χ0) is 7.68. The van der Waals surface area contributed by atoms with E-state index in [4.69, 9.17) is 0 Å². The highest BCUT2D eigenvalue weighted by atomic mass is 16.3. The molecule has 1 aromatic rings. The molecule has 0 saturated carbocycles. The van der Waals surface area contributed by atoms with Gasteiger partial charge in [-0.3, -0.25) is 0 Å². The number of hydrogen-bond acceptors (Lipinski definition) is 3. The summed E-state index contributed by atoms with van der Waals surface area (Å²) in [5.74, 6) is 0.620. The summed E-state index contributed by atoms with van der Waals surface area (Å²) in [7, 11) is 0. The van der Waals surface area contributed by atoms with E-state index >= 15 is 0 Å². The number of nitrogens with zero attached hydrogens (tertiary/aromatic N) is 2. The third kappa shape index (κ3) is 1.05. The molecule has 4 nitrogen and oxygen atoms in total. The molecule has 4 heteroatoms. The van der Waals surface area contributed by atoms with Crippen LogP contribution in [0.3, 0.4) is 0 Å². The van der Waals surface area contributed by atoms with Crippen molar-refractivity contribution in [2.75, 3.05) is 0 Å². The lowest BCUT2D eigenvalue weighted by Crippen LogP contribution is -1.95. The first-order valence-electron chi connectivity index (χ1n) is 3.62. The second kappa shape index (κ2) is 2.47. The SMILES string of the molecule is O[C@@H]1CCC=Nc2nc[nH]c21. The van der Waals surface area contributed by atoms with Crippen molar-refractivity contribution in [2.45, 2.75) is 18.9 Å². The van der Waals surface area contributed by atoms with Crippen LogP contribution in [0.25, 0.3) is 0 Å². The van der Waals surface area contributed by atoms with Gasteiger partial charge in [0.15, 0.2) is 5.82 Å². The van der Waals surface area contributed by atoms with Crippen LogP contribution >= 0.6 is 0 Å². The molecule has 1 aromatic heterocycles. The highest BCUT2D eigenvalue weighted by Crippen LogP contribution is 2.26. The standard InChI is InChI=1S/C7H9N3O/c11-5-2-1-3-8-7-6(5)9-4-10-7/h3-5,11H,1-2H2,(H,9,10)/t5-/m1/s1. The molecule has 0 spiro atoms. The molecule has 11 heavy (non-hydrogen) atoms. The fourth-order valence-electron chi connectivity index (χ4n) is 1.17. The van der Waals surface area contributed by atoms with E-state index < -0.39 is 6.10 Å². The molecule has 2 heterocycles. The zero-order valence-electron chi connectivity index (χ0n) is 5.99. The van der Waals surface area contributed by atoms with Gasteiger partial charge in [-0.1, -0.05) is 0 Å². The Balaban J connectivity index is 2.44. The Morgan fingerprint density at radius 2 is 2.55 bits per heavy atom. The van der Waals surface area contributed by atoms with E-state index in [2.05, 4.69) is 15.0 Å².